The number of oxazole rings is 1. The number of benzene rings is 1. The lowest BCUT2D eigenvalue weighted by Gasteiger charge is -2.19. The van der Waals surface area contributed by atoms with E-state index in [-0.39, 0.29) is 12.5 Å². The number of imide groups is 1. The molecule has 26 heavy (non-hydrogen) atoms. The summed E-state index contributed by atoms with van der Waals surface area (Å²) in [6.45, 7) is 1.74. The van der Waals surface area contributed by atoms with Crippen LogP contribution in [0.4, 0.5) is 4.79 Å². The van der Waals surface area contributed by atoms with E-state index in [4.69, 9.17) is 16.0 Å². The van der Waals surface area contributed by atoms with Crippen LogP contribution in [-0.2, 0) is 16.9 Å². The SMILES string of the molecule is CC1(c2cccs2)NC(=O)N(Cc2coc(-c3cccc(Cl)c3)n2)C1=O. The number of thiophene rings is 1. The van der Waals surface area contributed by atoms with Crippen LogP contribution >= 0.6 is 22.9 Å². The zero-order chi connectivity index (χ0) is 18.3. The topological polar surface area (TPSA) is 75.4 Å². The molecule has 0 radical (unpaired) electrons. The van der Waals surface area contributed by atoms with Gasteiger partial charge in [-0.2, -0.15) is 0 Å². The highest BCUT2D eigenvalue weighted by atomic mass is 35.5. The summed E-state index contributed by atoms with van der Waals surface area (Å²) in [6.07, 6.45) is 1.44. The molecule has 0 saturated carbocycles. The van der Waals surface area contributed by atoms with Crippen molar-refractivity contribution in [2.24, 2.45) is 0 Å². The summed E-state index contributed by atoms with van der Waals surface area (Å²) in [6, 6.07) is 10.3. The van der Waals surface area contributed by atoms with Crippen molar-refractivity contribution in [3.8, 4) is 11.5 Å². The summed E-state index contributed by atoms with van der Waals surface area (Å²) >= 11 is 7.41. The molecule has 0 bridgehead atoms. The third-order valence-corrected chi connectivity index (χ3v) is 5.56. The van der Waals surface area contributed by atoms with Gasteiger partial charge in [0.2, 0.25) is 5.89 Å². The lowest BCUT2D eigenvalue weighted by molar-refractivity contribution is -0.131. The van der Waals surface area contributed by atoms with Gasteiger partial charge in [0.1, 0.15) is 6.26 Å². The van der Waals surface area contributed by atoms with Crippen LogP contribution in [0, 0.1) is 0 Å². The Labute approximate surface area is 158 Å². The van der Waals surface area contributed by atoms with Gasteiger partial charge in [0, 0.05) is 15.5 Å². The Balaban J connectivity index is 1.56. The van der Waals surface area contributed by atoms with E-state index in [1.54, 1.807) is 25.1 Å². The van der Waals surface area contributed by atoms with Crippen molar-refractivity contribution in [3.63, 3.8) is 0 Å². The van der Waals surface area contributed by atoms with Crippen molar-refractivity contribution in [1.29, 1.82) is 0 Å². The molecular weight excluding hydrogens is 374 g/mol. The van der Waals surface area contributed by atoms with E-state index in [1.807, 2.05) is 23.6 Å². The van der Waals surface area contributed by atoms with Crippen LogP contribution in [0.25, 0.3) is 11.5 Å². The van der Waals surface area contributed by atoms with Crippen LogP contribution in [-0.4, -0.2) is 21.8 Å². The minimum atomic E-state index is -1.05. The number of halogens is 1. The summed E-state index contributed by atoms with van der Waals surface area (Å²) in [5.74, 6) is 0.0767. The fraction of sp³-hybridized carbons (Fsp3) is 0.167. The first kappa shape index (κ1) is 16.8. The first-order valence-corrected chi connectivity index (χ1v) is 9.11. The number of amides is 3. The second-order valence-electron chi connectivity index (χ2n) is 6.08. The standard InChI is InChI=1S/C18H14ClN3O3S/c1-18(14-6-3-7-26-14)16(23)22(17(24)21-18)9-13-10-25-15(20-13)11-4-2-5-12(19)8-11/h2-8,10H,9H2,1H3,(H,21,24). The molecule has 1 atom stereocenters. The van der Waals surface area contributed by atoms with Gasteiger partial charge in [-0.1, -0.05) is 23.7 Å². The molecular formula is C18H14ClN3O3S. The molecule has 1 saturated heterocycles. The predicted molar refractivity (Wildman–Crippen MR) is 97.7 cm³/mol. The number of hydrogen-bond acceptors (Lipinski definition) is 5. The minimum absolute atomic E-state index is 0.0374. The van der Waals surface area contributed by atoms with Gasteiger partial charge < -0.3 is 9.73 Å². The average molecular weight is 388 g/mol. The van der Waals surface area contributed by atoms with Gasteiger partial charge >= 0.3 is 6.03 Å². The number of rotatable bonds is 4. The summed E-state index contributed by atoms with van der Waals surface area (Å²) in [5.41, 5.74) is 0.161. The van der Waals surface area contributed by atoms with E-state index in [2.05, 4.69) is 10.3 Å². The number of aromatic nitrogens is 1. The minimum Gasteiger partial charge on any atom is -0.444 e. The number of carbonyl (C=O) groups excluding carboxylic acids is 2. The van der Waals surface area contributed by atoms with E-state index in [0.29, 0.717) is 16.6 Å². The highest BCUT2D eigenvalue weighted by Gasteiger charge is 2.49. The summed E-state index contributed by atoms with van der Waals surface area (Å²) in [7, 11) is 0. The Bertz CT molecular complexity index is 985. The maximum absolute atomic E-state index is 12.8. The Kier molecular flexibility index (Phi) is 4.05. The van der Waals surface area contributed by atoms with Crippen LogP contribution < -0.4 is 5.32 Å². The van der Waals surface area contributed by atoms with Crippen molar-refractivity contribution >= 4 is 34.9 Å². The highest BCUT2D eigenvalue weighted by Crippen LogP contribution is 2.32. The Morgan fingerprint density at radius 1 is 1.31 bits per heavy atom. The van der Waals surface area contributed by atoms with E-state index < -0.39 is 11.6 Å². The van der Waals surface area contributed by atoms with Crippen molar-refractivity contribution < 1.29 is 14.0 Å². The predicted octanol–water partition coefficient (Wildman–Crippen LogP) is 4.02. The van der Waals surface area contributed by atoms with Gasteiger partial charge in [-0.05, 0) is 36.6 Å². The van der Waals surface area contributed by atoms with Crippen LogP contribution in [0.3, 0.4) is 0 Å². The molecule has 8 heteroatoms. The molecule has 1 aliphatic rings. The van der Waals surface area contributed by atoms with Gasteiger partial charge in [0.25, 0.3) is 5.91 Å². The summed E-state index contributed by atoms with van der Waals surface area (Å²) in [4.78, 5) is 31.5. The Hall–Kier alpha value is -2.64. The second kappa shape index (κ2) is 6.26. The van der Waals surface area contributed by atoms with E-state index >= 15 is 0 Å². The molecule has 4 rings (SSSR count). The number of carbonyl (C=O) groups is 2. The molecule has 3 aromatic rings. The summed E-state index contributed by atoms with van der Waals surface area (Å²) in [5, 5.41) is 5.22. The third kappa shape index (κ3) is 2.79. The molecule has 1 aromatic carbocycles. The quantitative estimate of drug-likeness (QED) is 0.686. The second-order valence-corrected chi connectivity index (χ2v) is 7.46. The molecule has 132 valence electrons. The number of hydrogen-bond donors (Lipinski definition) is 1. The molecule has 1 N–H and O–H groups in total. The van der Waals surface area contributed by atoms with Gasteiger partial charge in [-0.15, -0.1) is 11.3 Å². The highest BCUT2D eigenvalue weighted by molar-refractivity contribution is 7.10. The van der Waals surface area contributed by atoms with Gasteiger partial charge in [-0.3, -0.25) is 9.69 Å². The molecule has 3 heterocycles. The van der Waals surface area contributed by atoms with Crippen LogP contribution in [0.15, 0.2) is 52.5 Å². The molecule has 1 unspecified atom stereocenters. The maximum Gasteiger partial charge on any atom is 0.325 e. The Morgan fingerprint density at radius 3 is 2.88 bits per heavy atom. The lowest BCUT2D eigenvalue weighted by atomic mass is 10.0. The van der Waals surface area contributed by atoms with Gasteiger partial charge in [0.05, 0.1) is 12.2 Å². The first-order valence-electron chi connectivity index (χ1n) is 7.86. The average Bonchev–Trinajstić information content (AvgIpc) is 3.34. The van der Waals surface area contributed by atoms with Gasteiger partial charge in [-0.25, -0.2) is 9.78 Å². The third-order valence-electron chi connectivity index (χ3n) is 4.23. The molecule has 0 aliphatic carbocycles. The zero-order valence-electron chi connectivity index (χ0n) is 13.7. The number of nitrogens with one attached hydrogen (secondary N) is 1. The normalized spacial score (nSPS) is 19.8. The molecule has 2 aromatic heterocycles. The molecule has 3 amide bonds. The monoisotopic (exact) mass is 387 g/mol. The van der Waals surface area contributed by atoms with Crippen LogP contribution in [0.5, 0.6) is 0 Å². The van der Waals surface area contributed by atoms with Crippen LogP contribution in [0.1, 0.15) is 17.5 Å². The van der Waals surface area contributed by atoms with Crippen molar-refractivity contribution in [2.45, 2.75) is 19.0 Å². The van der Waals surface area contributed by atoms with Crippen molar-refractivity contribution in [1.82, 2.24) is 15.2 Å². The fourth-order valence-corrected chi connectivity index (χ4v) is 3.89. The fourth-order valence-electron chi connectivity index (χ4n) is 2.87. The molecule has 0 spiro atoms. The molecule has 1 fully saturated rings. The number of urea groups is 1. The smallest absolute Gasteiger partial charge is 0.325 e. The lowest BCUT2D eigenvalue weighted by Crippen LogP contribution is -2.40. The zero-order valence-corrected chi connectivity index (χ0v) is 15.3. The maximum atomic E-state index is 12.8. The van der Waals surface area contributed by atoms with E-state index in [0.717, 1.165) is 15.3 Å². The van der Waals surface area contributed by atoms with Crippen LogP contribution in [0.2, 0.25) is 5.02 Å². The molecule has 1 aliphatic heterocycles. The molecule has 6 nitrogen and oxygen atoms in total. The van der Waals surface area contributed by atoms with Crippen molar-refractivity contribution in [3.05, 3.63) is 63.6 Å². The van der Waals surface area contributed by atoms with E-state index in [9.17, 15) is 9.59 Å². The Morgan fingerprint density at radius 2 is 2.15 bits per heavy atom. The largest absolute Gasteiger partial charge is 0.444 e. The number of nitrogens with zero attached hydrogens (tertiary/aromatic N) is 2. The van der Waals surface area contributed by atoms with E-state index in [1.165, 1.54) is 17.6 Å². The van der Waals surface area contributed by atoms with Crippen molar-refractivity contribution in [2.75, 3.05) is 0 Å². The van der Waals surface area contributed by atoms with Gasteiger partial charge in [0.15, 0.2) is 5.54 Å². The summed E-state index contributed by atoms with van der Waals surface area (Å²) < 4.78 is 5.47. The first-order chi connectivity index (χ1) is 12.5.